The van der Waals surface area contributed by atoms with Gasteiger partial charge in [0.15, 0.2) is 6.10 Å². The van der Waals surface area contributed by atoms with Crippen LogP contribution in [0.1, 0.15) is 374 Å². The quantitative estimate of drug-likeness (QED) is 0.0261. The predicted octanol–water partition coefficient (Wildman–Crippen LogP) is 24.8. The lowest BCUT2D eigenvalue weighted by atomic mass is 10.0. The van der Waals surface area contributed by atoms with Crippen molar-refractivity contribution in [1.29, 1.82) is 0 Å². The van der Waals surface area contributed by atoms with Crippen LogP contribution in [0.5, 0.6) is 0 Å². The highest BCUT2D eigenvalue weighted by molar-refractivity contribution is 5.71. The molecule has 82 heavy (non-hydrogen) atoms. The fourth-order valence-corrected chi connectivity index (χ4v) is 10.6. The van der Waals surface area contributed by atoms with Gasteiger partial charge in [-0.2, -0.15) is 0 Å². The molecule has 0 aliphatic rings. The molecule has 0 aromatic heterocycles. The lowest BCUT2D eigenvalue weighted by Gasteiger charge is -2.18. The van der Waals surface area contributed by atoms with Crippen LogP contribution in [0.4, 0.5) is 0 Å². The zero-order chi connectivity index (χ0) is 59.2. The van der Waals surface area contributed by atoms with Crippen LogP contribution >= 0.6 is 0 Å². The molecule has 6 heteroatoms. The van der Waals surface area contributed by atoms with Crippen LogP contribution in [0.15, 0.2) is 72.9 Å². The third kappa shape index (κ3) is 67.6. The summed E-state index contributed by atoms with van der Waals surface area (Å²) >= 11 is 0. The maximum absolute atomic E-state index is 12.9. The average Bonchev–Trinajstić information content (AvgIpc) is 3.47. The van der Waals surface area contributed by atoms with E-state index in [2.05, 4.69) is 93.7 Å². The van der Waals surface area contributed by atoms with E-state index in [1.54, 1.807) is 0 Å². The summed E-state index contributed by atoms with van der Waals surface area (Å²) in [6, 6.07) is 0. The highest BCUT2D eigenvalue weighted by atomic mass is 16.6. The van der Waals surface area contributed by atoms with E-state index in [-0.39, 0.29) is 31.1 Å². The first-order valence-electron chi connectivity index (χ1n) is 35.9. The number of carbonyl (C=O) groups excluding carboxylic acids is 3. The lowest BCUT2D eigenvalue weighted by molar-refractivity contribution is -0.167. The van der Waals surface area contributed by atoms with Crippen molar-refractivity contribution in [3.05, 3.63) is 72.9 Å². The number of ether oxygens (including phenoxy) is 3. The van der Waals surface area contributed by atoms with Gasteiger partial charge in [0.2, 0.25) is 0 Å². The van der Waals surface area contributed by atoms with E-state index in [9.17, 15) is 14.4 Å². The highest BCUT2D eigenvalue weighted by Gasteiger charge is 2.19. The molecule has 0 N–H and O–H groups in total. The molecule has 0 aromatic rings. The average molecular weight is 1150 g/mol. The maximum atomic E-state index is 12.9. The first-order chi connectivity index (χ1) is 40.5. The molecule has 0 radical (unpaired) electrons. The van der Waals surface area contributed by atoms with Crippen molar-refractivity contribution in [1.82, 2.24) is 0 Å². The molecule has 0 fully saturated rings. The van der Waals surface area contributed by atoms with Gasteiger partial charge in [-0.15, -0.1) is 0 Å². The van der Waals surface area contributed by atoms with Gasteiger partial charge in [-0.25, -0.2) is 0 Å². The molecule has 1 unspecified atom stereocenters. The number of esters is 3. The van der Waals surface area contributed by atoms with Crippen molar-refractivity contribution in [3.63, 3.8) is 0 Å². The molecular weight excluding hydrogens is 1010 g/mol. The largest absolute Gasteiger partial charge is 0.462 e. The summed E-state index contributed by atoms with van der Waals surface area (Å²) in [5.41, 5.74) is 0. The Labute approximate surface area is 510 Å². The van der Waals surface area contributed by atoms with Crippen LogP contribution in [0, 0.1) is 0 Å². The number of hydrogen-bond acceptors (Lipinski definition) is 6. The molecule has 0 bridgehead atoms. The van der Waals surface area contributed by atoms with E-state index in [0.717, 1.165) is 96.3 Å². The van der Waals surface area contributed by atoms with Gasteiger partial charge in [0.05, 0.1) is 0 Å². The Balaban J connectivity index is 4.12. The number of allylic oxidation sites excluding steroid dienone is 12. The lowest BCUT2D eigenvalue weighted by Crippen LogP contribution is -2.30. The van der Waals surface area contributed by atoms with Crippen molar-refractivity contribution in [3.8, 4) is 0 Å². The first-order valence-corrected chi connectivity index (χ1v) is 35.9. The Bertz CT molecular complexity index is 1500. The van der Waals surface area contributed by atoms with Crippen molar-refractivity contribution >= 4 is 17.9 Å². The zero-order valence-electron chi connectivity index (χ0n) is 54.8. The van der Waals surface area contributed by atoms with E-state index in [4.69, 9.17) is 14.2 Å². The summed E-state index contributed by atoms with van der Waals surface area (Å²) in [5, 5.41) is 0. The van der Waals surface area contributed by atoms with Crippen molar-refractivity contribution in [2.45, 2.75) is 380 Å². The standard InChI is InChI=1S/C76H136O6/c1-4-7-10-13-16-19-22-24-26-28-30-32-33-34-35-36-37-38-39-40-41-42-43-44-46-47-49-51-54-57-60-63-66-69-75(78)81-72-73(71-80-74(77)68-65-62-59-56-53-21-18-15-12-9-6-3)82-76(79)70-67-64-61-58-55-52-50-48-45-31-29-27-25-23-20-17-14-11-8-5-2/h7,10,15-16,18-19,24,26,30,32,34-35,73H,4-6,8-9,11-14,17,20-23,25,27-29,31,33,36-72H2,1-3H3/b10-7-,18-15-,19-16-,26-24-,32-30-,35-34-. The minimum Gasteiger partial charge on any atom is -0.462 e. The molecule has 0 heterocycles. The summed E-state index contributed by atoms with van der Waals surface area (Å²) in [5.74, 6) is -0.858. The number of unbranched alkanes of at least 4 members (excludes halogenated alkanes) is 43. The first kappa shape index (κ1) is 78.8. The summed E-state index contributed by atoms with van der Waals surface area (Å²) in [6.07, 6.45) is 92.3. The molecule has 0 saturated heterocycles. The zero-order valence-corrected chi connectivity index (χ0v) is 54.8. The molecule has 0 amide bonds. The van der Waals surface area contributed by atoms with Crippen molar-refractivity contribution in [2.75, 3.05) is 13.2 Å². The molecular formula is C76H136O6. The SMILES string of the molecule is CC/C=C\C/C=C\C/C=C\C/C=C\C/C=C\CCCCCCCCCCCCCCCCCCCC(=O)OCC(COC(=O)CCCCCCC/C=C\CCCC)OC(=O)CCCCCCCCCCCCCCCCCCCCCC. The molecule has 476 valence electrons. The monoisotopic (exact) mass is 1150 g/mol. The van der Waals surface area contributed by atoms with Crippen LogP contribution in [0.3, 0.4) is 0 Å². The van der Waals surface area contributed by atoms with Crippen molar-refractivity contribution in [2.24, 2.45) is 0 Å². The van der Waals surface area contributed by atoms with E-state index >= 15 is 0 Å². The van der Waals surface area contributed by atoms with Crippen LogP contribution in [-0.4, -0.2) is 37.2 Å². The highest BCUT2D eigenvalue weighted by Crippen LogP contribution is 2.18. The van der Waals surface area contributed by atoms with Gasteiger partial charge in [-0.3, -0.25) is 14.4 Å². The summed E-state index contributed by atoms with van der Waals surface area (Å²) in [6.45, 7) is 6.54. The van der Waals surface area contributed by atoms with Crippen molar-refractivity contribution < 1.29 is 28.6 Å². The van der Waals surface area contributed by atoms with Gasteiger partial charge in [-0.1, -0.05) is 344 Å². The Kier molecular flexibility index (Phi) is 67.6. The minimum absolute atomic E-state index is 0.0720. The fraction of sp³-hybridized carbons (Fsp3) is 0.803. The van der Waals surface area contributed by atoms with E-state index in [1.165, 1.54) is 238 Å². The van der Waals surface area contributed by atoms with Gasteiger partial charge < -0.3 is 14.2 Å². The Hall–Kier alpha value is -3.15. The Morgan fingerprint density at radius 3 is 0.793 bits per heavy atom. The smallest absolute Gasteiger partial charge is 0.306 e. The van der Waals surface area contributed by atoms with Gasteiger partial charge in [0.25, 0.3) is 0 Å². The van der Waals surface area contributed by atoms with Gasteiger partial charge in [0.1, 0.15) is 13.2 Å². The fourth-order valence-electron chi connectivity index (χ4n) is 10.6. The van der Waals surface area contributed by atoms with Gasteiger partial charge in [-0.05, 0) is 83.5 Å². The van der Waals surface area contributed by atoms with E-state index in [1.807, 2.05) is 0 Å². The number of hydrogen-bond donors (Lipinski definition) is 0. The molecule has 6 nitrogen and oxygen atoms in total. The van der Waals surface area contributed by atoms with Gasteiger partial charge in [0, 0.05) is 19.3 Å². The molecule has 0 spiro atoms. The molecule has 0 rings (SSSR count). The Morgan fingerprint density at radius 2 is 0.488 bits per heavy atom. The molecule has 0 aliphatic heterocycles. The normalized spacial score (nSPS) is 12.5. The maximum Gasteiger partial charge on any atom is 0.306 e. The molecule has 0 aromatic carbocycles. The number of rotatable bonds is 66. The second-order valence-corrected chi connectivity index (χ2v) is 24.1. The summed E-state index contributed by atoms with van der Waals surface area (Å²) in [7, 11) is 0. The molecule has 0 aliphatic carbocycles. The van der Waals surface area contributed by atoms with E-state index < -0.39 is 6.10 Å². The summed E-state index contributed by atoms with van der Waals surface area (Å²) < 4.78 is 17.0. The molecule has 0 saturated carbocycles. The second kappa shape index (κ2) is 70.3. The van der Waals surface area contributed by atoms with Gasteiger partial charge >= 0.3 is 17.9 Å². The predicted molar refractivity (Wildman–Crippen MR) is 358 cm³/mol. The van der Waals surface area contributed by atoms with Crippen LogP contribution in [0.25, 0.3) is 0 Å². The third-order valence-corrected chi connectivity index (χ3v) is 15.9. The van der Waals surface area contributed by atoms with E-state index in [0.29, 0.717) is 19.3 Å². The minimum atomic E-state index is -0.775. The third-order valence-electron chi connectivity index (χ3n) is 15.9. The molecule has 1 atom stereocenters. The Morgan fingerprint density at radius 1 is 0.256 bits per heavy atom. The van der Waals surface area contributed by atoms with Crippen LogP contribution in [0.2, 0.25) is 0 Å². The van der Waals surface area contributed by atoms with Crippen LogP contribution in [-0.2, 0) is 28.6 Å². The number of carbonyl (C=O) groups is 3. The second-order valence-electron chi connectivity index (χ2n) is 24.1. The topological polar surface area (TPSA) is 78.9 Å². The summed E-state index contributed by atoms with van der Waals surface area (Å²) in [4.78, 5) is 38.4. The van der Waals surface area contributed by atoms with Crippen LogP contribution < -0.4 is 0 Å².